The molecule has 2 bridgehead atoms. The summed E-state index contributed by atoms with van der Waals surface area (Å²) in [6.45, 7) is 2.35. The van der Waals surface area contributed by atoms with Crippen LogP contribution in [0.15, 0.2) is 60.7 Å². The third-order valence-corrected chi connectivity index (χ3v) is 6.06. The van der Waals surface area contributed by atoms with Gasteiger partial charge in [0.15, 0.2) is 11.5 Å². The minimum Gasteiger partial charge on any atom is -0.491 e. The summed E-state index contributed by atoms with van der Waals surface area (Å²) in [5.41, 5.74) is 4.02. The predicted octanol–water partition coefficient (Wildman–Crippen LogP) is 3.12. The van der Waals surface area contributed by atoms with Gasteiger partial charge in [-0.1, -0.05) is 18.2 Å². The zero-order valence-corrected chi connectivity index (χ0v) is 19.9. The van der Waals surface area contributed by atoms with E-state index in [0.29, 0.717) is 62.6 Å². The molecule has 0 unspecified atom stereocenters. The zero-order valence-electron chi connectivity index (χ0n) is 19.9. The van der Waals surface area contributed by atoms with Crippen molar-refractivity contribution in [3.8, 4) is 17.2 Å². The zero-order chi connectivity index (χ0) is 24.7. The molecular formula is C28H28N2O6. The van der Waals surface area contributed by atoms with Crippen LogP contribution in [-0.2, 0) is 17.6 Å². The van der Waals surface area contributed by atoms with Gasteiger partial charge in [-0.05, 0) is 65.6 Å². The number of hydrogen-bond donors (Lipinski definition) is 2. The molecule has 3 aromatic carbocycles. The first-order valence-electron chi connectivity index (χ1n) is 12.0. The van der Waals surface area contributed by atoms with Gasteiger partial charge < -0.3 is 29.6 Å². The van der Waals surface area contributed by atoms with E-state index < -0.39 is 0 Å². The number of carbonyl (C=O) groups is 2. The van der Waals surface area contributed by atoms with Gasteiger partial charge in [0, 0.05) is 30.6 Å². The molecule has 36 heavy (non-hydrogen) atoms. The fraction of sp³-hybridized carbons (Fsp3) is 0.286. The second-order valence-corrected chi connectivity index (χ2v) is 8.61. The molecule has 2 aliphatic rings. The Morgan fingerprint density at radius 1 is 0.889 bits per heavy atom. The molecule has 0 saturated carbocycles. The van der Waals surface area contributed by atoms with Crippen LogP contribution in [-0.4, -0.2) is 51.5 Å². The summed E-state index contributed by atoms with van der Waals surface area (Å²) in [4.78, 5) is 25.4. The summed E-state index contributed by atoms with van der Waals surface area (Å²) in [7, 11) is 0. The highest BCUT2D eigenvalue weighted by atomic mass is 16.7. The van der Waals surface area contributed by atoms with Gasteiger partial charge in [0.25, 0.3) is 11.8 Å². The first-order valence-corrected chi connectivity index (χ1v) is 12.0. The van der Waals surface area contributed by atoms with E-state index in [1.165, 1.54) is 0 Å². The van der Waals surface area contributed by atoms with Gasteiger partial charge in [-0.2, -0.15) is 0 Å². The number of amides is 2. The number of nitrogens with one attached hydrogen (secondary N) is 2. The van der Waals surface area contributed by atoms with E-state index in [0.717, 1.165) is 28.2 Å². The van der Waals surface area contributed by atoms with Crippen molar-refractivity contribution in [3.05, 3.63) is 88.5 Å². The Labute approximate surface area is 209 Å². The van der Waals surface area contributed by atoms with Crippen LogP contribution in [0.5, 0.6) is 17.2 Å². The van der Waals surface area contributed by atoms with Crippen LogP contribution in [0.3, 0.4) is 0 Å². The average molecular weight is 489 g/mol. The first-order chi connectivity index (χ1) is 17.7. The van der Waals surface area contributed by atoms with Gasteiger partial charge in [-0.15, -0.1) is 0 Å². The first kappa shape index (κ1) is 23.7. The summed E-state index contributed by atoms with van der Waals surface area (Å²) in [6.07, 6.45) is 1.20. The van der Waals surface area contributed by atoms with Gasteiger partial charge in [0.05, 0.1) is 13.2 Å². The molecule has 2 heterocycles. The molecule has 0 radical (unpaired) electrons. The van der Waals surface area contributed by atoms with Crippen molar-refractivity contribution < 1.29 is 28.5 Å². The number of fused-ring (bicyclic) bond motifs is 4. The molecule has 186 valence electrons. The van der Waals surface area contributed by atoms with Gasteiger partial charge in [-0.25, -0.2) is 0 Å². The topological polar surface area (TPSA) is 95.1 Å². The molecule has 2 N–H and O–H groups in total. The second kappa shape index (κ2) is 11.1. The smallest absolute Gasteiger partial charge is 0.251 e. The third kappa shape index (κ3) is 5.78. The Morgan fingerprint density at radius 2 is 1.78 bits per heavy atom. The normalized spacial score (nSPS) is 15.2. The number of ether oxygens (including phenoxy) is 4. The molecule has 5 rings (SSSR count). The lowest BCUT2D eigenvalue weighted by atomic mass is 9.99. The quantitative estimate of drug-likeness (QED) is 0.586. The molecule has 0 atom stereocenters. The monoisotopic (exact) mass is 488 g/mol. The lowest BCUT2D eigenvalue weighted by Crippen LogP contribution is -2.28. The summed E-state index contributed by atoms with van der Waals surface area (Å²) >= 11 is 0. The lowest BCUT2D eigenvalue weighted by Gasteiger charge is -2.15. The summed E-state index contributed by atoms with van der Waals surface area (Å²) in [5.74, 6) is 1.88. The Kier molecular flexibility index (Phi) is 7.33. The molecule has 2 aliphatic heterocycles. The van der Waals surface area contributed by atoms with Crippen LogP contribution < -0.4 is 24.8 Å². The van der Waals surface area contributed by atoms with Crippen molar-refractivity contribution in [3.63, 3.8) is 0 Å². The molecule has 3 aromatic rings. The highest BCUT2D eigenvalue weighted by molar-refractivity contribution is 5.95. The minimum absolute atomic E-state index is 0.135. The molecule has 0 spiro atoms. The standard InChI is InChI=1S/C28H28N2O6/c31-27-21-3-1-2-20(14-21)15-23-17-22(5-7-24(23)34-13-12-33-11-10-30-27)28(32)29-9-8-19-4-6-25-26(16-19)36-18-35-25/h1-7,14,16-17H,8-13,15,18H2,(H,29,32)(H,30,31). The summed E-state index contributed by atoms with van der Waals surface area (Å²) in [6, 6.07) is 18.7. The van der Waals surface area contributed by atoms with Crippen LogP contribution in [0.2, 0.25) is 0 Å². The van der Waals surface area contributed by atoms with E-state index in [9.17, 15) is 9.59 Å². The maximum absolute atomic E-state index is 12.9. The molecule has 0 aromatic heterocycles. The molecule has 8 nitrogen and oxygen atoms in total. The van der Waals surface area contributed by atoms with Gasteiger partial charge in [-0.3, -0.25) is 9.59 Å². The van der Waals surface area contributed by atoms with Crippen LogP contribution in [0, 0.1) is 0 Å². The van der Waals surface area contributed by atoms with Crippen molar-refractivity contribution >= 4 is 11.8 Å². The van der Waals surface area contributed by atoms with Crippen molar-refractivity contribution in [1.29, 1.82) is 0 Å². The fourth-order valence-corrected chi connectivity index (χ4v) is 4.21. The van der Waals surface area contributed by atoms with E-state index in [2.05, 4.69) is 10.6 Å². The molecule has 0 fully saturated rings. The van der Waals surface area contributed by atoms with Crippen LogP contribution in [0.1, 0.15) is 37.4 Å². The van der Waals surface area contributed by atoms with E-state index in [4.69, 9.17) is 18.9 Å². The summed E-state index contributed by atoms with van der Waals surface area (Å²) < 4.78 is 22.3. The van der Waals surface area contributed by atoms with Crippen LogP contribution in [0.4, 0.5) is 0 Å². The maximum atomic E-state index is 12.9. The van der Waals surface area contributed by atoms with Gasteiger partial charge in [0.2, 0.25) is 6.79 Å². The number of benzene rings is 3. The second-order valence-electron chi connectivity index (χ2n) is 8.61. The van der Waals surface area contributed by atoms with Crippen LogP contribution in [0.25, 0.3) is 0 Å². The summed E-state index contributed by atoms with van der Waals surface area (Å²) in [5, 5.41) is 5.85. The Morgan fingerprint density at radius 3 is 2.72 bits per heavy atom. The third-order valence-electron chi connectivity index (χ3n) is 6.06. The van der Waals surface area contributed by atoms with Gasteiger partial charge in [0.1, 0.15) is 12.4 Å². The van der Waals surface area contributed by atoms with E-state index in [1.54, 1.807) is 12.1 Å². The van der Waals surface area contributed by atoms with E-state index in [-0.39, 0.29) is 18.6 Å². The van der Waals surface area contributed by atoms with Crippen LogP contribution >= 0.6 is 0 Å². The van der Waals surface area contributed by atoms with Crippen molar-refractivity contribution in [2.75, 3.05) is 39.7 Å². The van der Waals surface area contributed by atoms with Crippen molar-refractivity contribution in [2.45, 2.75) is 12.8 Å². The Balaban J connectivity index is 1.29. The maximum Gasteiger partial charge on any atom is 0.251 e. The molecule has 8 heteroatoms. The number of hydrogen-bond acceptors (Lipinski definition) is 6. The molecule has 0 aliphatic carbocycles. The Bertz CT molecular complexity index is 1260. The molecule has 2 amide bonds. The predicted molar refractivity (Wildman–Crippen MR) is 133 cm³/mol. The van der Waals surface area contributed by atoms with Gasteiger partial charge >= 0.3 is 0 Å². The largest absolute Gasteiger partial charge is 0.491 e. The average Bonchev–Trinajstić information content (AvgIpc) is 3.36. The number of carbonyl (C=O) groups excluding carboxylic acids is 2. The molecule has 0 saturated heterocycles. The fourth-order valence-electron chi connectivity index (χ4n) is 4.21. The van der Waals surface area contributed by atoms with E-state index in [1.807, 2.05) is 48.5 Å². The Hall–Kier alpha value is -4.04. The highest BCUT2D eigenvalue weighted by Crippen LogP contribution is 2.32. The van der Waals surface area contributed by atoms with Crippen molar-refractivity contribution in [2.24, 2.45) is 0 Å². The lowest BCUT2D eigenvalue weighted by molar-refractivity contribution is 0.0865. The van der Waals surface area contributed by atoms with Crippen molar-refractivity contribution in [1.82, 2.24) is 10.6 Å². The van der Waals surface area contributed by atoms with E-state index >= 15 is 0 Å². The SMILES string of the molecule is O=C1NCCOCCOc2ccc(C(=O)NCCc3ccc4c(c3)OCO4)cc2Cc2cccc1c2. The molecular weight excluding hydrogens is 460 g/mol. The number of rotatable bonds is 4. The minimum atomic E-state index is -0.158. The highest BCUT2D eigenvalue weighted by Gasteiger charge is 2.15.